The molecular formula is C20H34N4OS. The molecule has 1 aromatic carbocycles. The van der Waals surface area contributed by atoms with E-state index in [1.165, 1.54) is 16.0 Å². The van der Waals surface area contributed by atoms with Gasteiger partial charge in [0.15, 0.2) is 5.96 Å². The number of guanidine groups is 1. The van der Waals surface area contributed by atoms with Crippen LogP contribution in [0.2, 0.25) is 0 Å². The van der Waals surface area contributed by atoms with Gasteiger partial charge in [-0.2, -0.15) is 0 Å². The topological polar surface area (TPSA) is 48.9 Å². The SMILES string of the molecule is CCNC(=NCc1ccc(C)cc1SC)NCC(C)(C)N1CCOCC1. The number of hydrogen-bond acceptors (Lipinski definition) is 4. The Morgan fingerprint density at radius 1 is 1.27 bits per heavy atom. The van der Waals surface area contributed by atoms with Crippen LogP contribution >= 0.6 is 11.8 Å². The van der Waals surface area contributed by atoms with Crippen molar-refractivity contribution in [2.75, 3.05) is 45.6 Å². The summed E-state index contributed by atoms with van der Waals surface area (Å²) in [6, 6.07) is 6.58. The maximum Gasteiger partial charge on any atom is 0.191 e. The Labute approximate surface area is 163 Å². The Morgan fingerprint density at radius 2 is 2.00 bits per heavy atom. The molecule has 0 saturated carbocycles. The molecule has 5 nitrogen and oxygen atoms in total. The Bertz CT molecular complexity index is 597. The molecule has 1 aliphatic heterocycles. The van der Waals surface area contributed by atoms with Crippen LogP contribution in [0.4, 0.5) is 0 Å². The summed E-state index contributed by atoms with van der Waals surface area (Å²) < 4.78 is 5.48. The minimum absolute atomic E-state index is 0.0638. The van der Waals surface area contributed by atoms with Crippen LogP contribution in [0.3, 0.4) is 0 Å². The molecule has 26 heavy (non-hydrogen) atoms. The van der Waals surface area contributed by atoms with Crippen LogP contribution in [0.25, 0.3) is 0 Å². The van der Waals surface area contributed by atoms with E-state index >= 15 is 0 Å². The molecule has 0 spiro atoms. The van der Waals surface area contributed by atoms with Gasteiger partial charge < -0.3 is 15.4 Å². The van der Waals surface area contributed by atoms with Crippen LogP contribution in [0.1, 0.15) is 31.9 Å². The van der Waals surface area contributed by atoms with E-state index in [4.69, 9.17) is 9.73 Å². The summed E-state index contributed by atoms with van der Waals surface area (Å²) >= 11 is 1.78. The minimum atomic E-state index is 0.0638. The van der Waals surface area contributed by atoms with Crippen molar-refractivity contribution >= 4 is 17.7 Å². The highest BCUT2D eigenvalue weighted by Crippen LogP contribution is 2.22. The van der Waals surface area contributed by atoms with Crippen LogP contribution < -0.4 is 10.6 Å². The fourth-order valence-corrected chi connectivity index (χ4v) is 3.77. The van der Waals surface area contributed by atoms with E-state index in [2.05, 4.69) is 67.7 Å². The van der Waals surface area contributed by atoms with Gasteiger partial charge in [-0.1, -0.05) is 12.1 Å². The summed E-state index contributed by atoms with van der Waals surface area (Å²) in [6.45, 7) is 14.8. The molecule has 146 valence electrons. The van der Waals surface area contributed by atoms with Crippen LogP contribution in [-0.4, -0.2) is 62.0 Å². The van der Waals surface area contributed by atoms with Crippen molar-refractivity contribution in [3.63, 3.8) is 0 Å². The lowest BCUT2D eigenvalue weighted by atomic mass is 10.0. The molecule has 1 saturated heterocycles. The second-order valence-electron chi connectivity index (χ2n) is 7.28. The number of nitrogens with one attached hydrogen (secondary N) is 2. The summed E-state index contributed by atoms with van der Waals surface area (Å²) in [5.41, 5.74) is 2.63. The van der Waals surface area contributed by atoms with Crippen molar-refractivity contribution in [3.05, 3.63) is 29.3 Å². The molecule has 0 amide bonds. The number of hydrogen-bond donors (Lipinski definition) is 2. The number of ether oxygens (including phenoxy) is 1. The van der Waals surface area contributed by atoms with Gasteiger partial charge in [0.1, 0.15) is 0 Å². The second kappa shape index (κ2) is 10.2. The number of benzene rings is 1. The lowest BCUT2D eigenvalue weighted by Crippen LogP contribution is -2.56. The van der Waals surface area contributed by atoms with Crippen LogP contribution in [0.5, 0.6) is 0 Å². The maximum atomic E-state index is 5.48. The highest BCUT2D eigenvalue weighted by molar-refractivity contribution is 7.98. The number of nitrogens with zero attached hydrogens (tertiary/aromatic N) is 2. The lowest BCUT2D eigenvalue weighted by molar-refractivity contribution is -0.00834. The maximum absolute atomic E-state index is 5.48. The number of aryl methyl sites for hydroxylation is 1. The number of aliphatic imine (C=N–C) groups is 1. The monoisotopic (exact) mass is 378 g/mol. The summed E-state index contributed by atoms with van der Waals surface area (Å²) in [5, 5.41) is 6.89. The van der Waals surface area contributed by atoms with Gasteiger partial charge in [0.2, 0.25) is 0 Å². The molecule has 2 rings (SSSR count). The third kappa shape index (κ3) is 6.18. The average Bonchev–Trinajstić information content (AvgIpc) is 2.65. The molecular weight excluding hydrogens is 344 g/mol. The zero-order valence-corrected chi connectivity index (χ0v) is 17.7. The Hall–Kier alpha value is -1.24. The molecule has 0 aromatic heterocycles. The number of morpholine rings is 1. The van der Waals surface area contributed by atoms with E-state index in [0.29, 0.717) is 6.54 Å². The first-order valence-electron chi connectivity index (χ1n) is 9.44. The first-order valence-corrected chi connectivity index (χ1v) is 10.7. The number of rotatable bonds is 7. The third-order valence-electron chi connectivity index (χ3n) is 4.75. The van der Waals surface area contributed by atoms with Gasteiger partial charge >= 0.3 is 0 Å². The fraction of sp³-hybridized carbons (Fsp3) is 0.650. The minimum Gasteiger partial charge on any atom is -0.379 e. The molecule has 1 fully saturated rings. The lowest BCUT2D eigenvalue weighted by Gasteiger charge is -2.41. The molecule has 1 aromatic rings. The molecule has 0 aliphatic carbocycles. The molecule has 1 heterocycles. The predicted octanol–water partition coefficient (Wildman–Crippen LogP) is 2.88. The van der Waals surface area contributed by atoms with Crippen molar-refractivity contribution < 1.29 is 4.74 Å². The van der Waals surface area contributed by atoms with Crippen LogP contribution in [0, 0.1) is 6.92 Å². The molecule has 0 bridgehead atoms. The summed E-state index contributed by atoms with van der Waals surface area (Å²) in [7, 11) is 0. The second-order valence-corrected chi connectivity index (χ2v) is 8.12. The quantitative estimate of drug-likeness (QED) is 0.434. The van der Waals surface area contributed by atoms with E-state index in [9.17, 15) is 0 Å². The standard InChI is InChI=1S/C20H34N4OS/c1-6-21-19(22-14-17-8-7-16(2)13-18(17)26-5)23-15-20(3,4)24-9-11-25-12-10-24/h7-8,13H,6,9-12,14-15H2,1-5H3,(H2,21,22,23). The van der Waals surface area contributed by atoms with Gasteiger partial charge in [0, 0.05) is 36.6 Å². The van der Waals surface area contributed by atoms with Gasteiger partial charge in [-0.15, -0.1) is 11.8 Å². The molecule has 0 unspecified atom stereocenters. The molecule has 0 radical (unpaired) electrons. The zero-order chi connectivity index (χ0) is 19.0. The first kappa shape index (κ1) is 21.1. The van der Waals surface area contributed by atoms with E-state index in [1.54, 1.807) is 11.8 Å². The number of thioether (sulfide) groups is 1. The fourth-order valence-electron chi connectivity index (χ4n) is 3.07. The van der Waals surface area contributed by atoms with Crippen LogP contribution in [-0.2, 0) is 11.3 Å². The largest absolute Gasteiger partial charge is 0.379 e. The Balaban J connectivity index is 2.00. The predicted molar refractivity (Wildman–Crippen MR) is 112 cm³/mol. The molecule has 1 aliphatic rings. The van der Waals surface area contributed by atoms with Crippen molar-refractivity contribution in [2.24, 2.45) is 4.99 Å². The van der Waals surface area contributed by atoms with Crippen molar-refractivity contribution in [1.82, 2.24) is 15.5 Å². The van der Waals surface area contributed by atoms with Gasteiger partial charge in [-0.05, 0) is 51.1 Å². The van der Waals surface area contributed by atoms with Crippen molar-refractivity contribution in [2.45, 2.75) is 44.7 Å². The zero-order valence-electron chi connectivity index (χ0n) is 16.9. The first-order chi connectivity index (χ1) is 12.5. The van der Waals surface area contributed by atoms with E-state index < -0.39 is 0 Å². The third-order valence-corrected chi connectivity index (χ3v) is 5.57. The molecule has 0 atom stereocenters. The van der Waals surface area contributed by atoms with E-state index in [0.717, 1.165) is 45.4 Å². The molecule has 2 N–H and O–H groups in total. The van der Waals surface area contributed by atoms with E-state index in [1.807, 2.05) is 0 Å². The Morgan fingerprint density at radius 3 is 2.65 bits per heavy atom. The summed E-state index contributed by atoms with van der Waals surface area (Å²) in [4.78, 5) is 8.60. The average molecular weight is 379 g/mol. The van der Waals surface area contributed by atoms with Crippen molar-refractivity contribution in [1.29, 1.82) is 0 Å². The highest BCUT2D eigenvalue weighted by Gasteiger charge is 2.28. The smallest absolute Gasteiger partial charge is 0.191 e. The van der Waals surface area contributed by atoms with Gasteiger partial charge in [-0.3, -0.25) is 4.90 Å². The van der Waals surface area contributed by atoms with Crippen molar-refractivity contribution in [3.8, 4) is 0 Å². The van der Waals surface area contributed by atoms with E-state index in [-0.39, 0.29) is 5.54 Å². The van der Waals surface area contributed by atoms with Gasteiger partial charge in [0.25, 0.3) is 0 Å². The Kier molecular flexibility index (Phi) is 8.25. The van der Waals surface area contributed by atoms with Gasteiger partial charge in [-0.25, -0.2) is 4.99 Å². The summed E-state index contributed by atoms with van der Waals surface area (Å²) in [6.07, 6.45) is 2.12. The normalized spacial score (nSPS) is 16.6. The highest BCUT2D eigenvalue weighted by atomic mass is 32.2. The van der Waals surface area contributed by atoms with Gasteiger partial charge in [0.05, 0.1) is 19.8 Å². The van der Waals surface area contributed by atoms with Crippen LogP contribution in [0.15, 0.2) is 28.1 Å². The molecule has 6 heteroatoms. The summed E-state index contributed by atoms with van der Waals surface area (Å²) in [5.74, 6) is 0.876.